The SMILES string of the molecule is COc1ccc(SCCCO)nc1. The van der Waals surface area contributed by atoms with E-state index >= 15 is 0 Å². The maximum atomic E-state index is 8.57. The first kappa shape index (κ1) is 10.3. The minimum absolute atomic E-state index is 0.239. The van der Waals surface area contributed by atoms with Gasteiger partial charge in [-0.3, -0.25) is 0 Å². The third kappa shape index (κ3) is 3.65. The summed E-state index contributed by atoms with van der Waals surface area (Å²) >= 11 is 1.64. The molecule has 13 heavy (non-hydrogen) atoms. The molecule has 0 aliphatic carbocycles. The van der Waals surface area contributed by atoms with Crippen LogP contribution in [0.4, 0.5) is 0 Å². The molecular formula is C9H13NO2S. The second kappa shape index (κ2) is 5.83. The van der Waals surface area contributed by atoms with Crippen molar-refractivity contribution in [3.63, 3.8) is 0 Å². The van der Waals surface area contributed by atoms with Crippen LogP contribution >= 0.6 is 11.8 Å². The van der Waals surface area contributed by atoms with E-state index < -0.39 is 0 Å². The normalized spacial score (nSPS) is 10.0. The Bertz CT molecular complexity index is 238. The van der Waals surface area contributed by atoms with Crippen LogP contribution in [0.3, 0.4) is 0 Å². The average molecular weight is 199 g/mol. The number of rotatable bonds is 5. The van der Waals surface area contributed by atoms with E-state index in [-0.39, 0.29) is 6.61 Å². The number of hydrogen-bond donors (Lipinski definition) is 1. The molecule has 0 unspecified atom stereocenters. The van der Waals surface area contributed by atoms with Crippen LogP contribution in [-0.4, -0.2) is 29.6 Å². The molecular weight excluding hydrogens is 186 g/mol. The van der Waals surface area contributed by atoms with Gasteiger partial charge in [-0.1, -0.05) is 0 Å². The van der Waals surface area contributed by atoms with Gasteiger partial charge in [0.05, 0.1) is 18.3 Å². The Morgan fingerprint density at radius 2 is 2.38 bits per heavy atom. The maximum absolute atomic E-state index is 8.57. The van der Waals surface area contributed by atoms with E-state index in [4.69, 9.17) is 9.84 Å². The van der Waals surface area contributed by atoms with Gasteiger partial charge in [-0.05, 0) is 18.6 Å². The highest BCUT2D eigenvalue weighted by molar-refractivity contribution is 7.99. The number of nitrogens with zero attached hydrogens (tertiary/aromatic N) is 1. The van der Waals surface area contributed by atoms with Crippen molar-refractivity contribution < 1.29 is 9.84 Å². The van der Waals surface area contributed by atoms with Crippen molar-refractivity contribution in [3.8, 4) is 5.75 Å². The van der Waals surface area contributed by atoms with Crippen molar-refractivity contribution in [3.05, 3.63) is 18.3 Å². The van der Waals surface area contributed by atoms with Gasteiger partial charge in [0.15, 0.2) is 0 Å². The van der Waals surface area contributed by atoms with Gasteiger partial charge in [-0.15, -0.1) is 11.8 Å². The minimum atomic E-state index is 0.239. The summed E-state index contributed by atoms with van der Waals surface area (Å²) in [6.07, 6.45) is 2.50. The van der Waals surface area contributed by atoms with Crippen molar-refractivity contribution in [2.24, 2.45) is 0 Å². The fourth-order valence-corrected chi connectivity index (χ4v) is 1.59. The molecule has 0 amide bonds. The van der Waals surface area contributed by atoms with Gasteiger partial charge in [0.2, 0.25) is 0 Å². The number of pyridine rings is 1. The second-order valence-electron chi connectivity index (χ2n) is 2.46. The quantitative estimate of drug-likeness (QED) is 0.577. The topological polar surface area (TPSA) is 42.4 Å². The van der Waals surface area contributed by atoms with Crippen LogP contribution < -0.4 is 4.74 Å². The van der Waals surface area contributed by atoms with E-state index in [0.29, 0.717) is 0 Å². The van der Waals surface area contributed by atoms with Crippen molar-refractivity contribution in [1.29, 1.82) is 0 Å². The Morgan fingerprint density at radius 3 is 2.92 bits per heavy atom. The van der Waals surface area contributed by atoms with E-state index in [1.165, 1.54) is 0 Å². The lowest BCUT2D eigenvalue weighted by Gasteiger charge is -2.01. The number of aromatic nitrogens is 1. The Balaban J connectivity index is 2.40. The number of ether oxygens (including phenoxy) is 1. The number of aliphatic hydroxyl groups is 1. The summed E-state index contributed by atoms with van der Waals surface area (Å²) < 4.78 is 4.98. The Labute approximate surface area is 82.1 Å². The summed E-state index contributed by atoms with van der Waals surface area (Å²) in [6, 6.07) is 3.80. The summed E-state index contributed by atoms with van der Waals surface area (Å²) in [5, 5.41) is 9.54. The molecule has 1 aromatic rings. The van der Waals surface area contributed by atoms with Gasteiger partial charge in [0.25, 0.3) is 0 Å². The molecule has 4 heteroatoms. The van der Waals surface area contributed by atoms with E-state index in [9.17, 15) is 0 Å². The Morgan fingerprint density at radius 1 is 1.54 bits per heavy atom. The van der Waals surface area contributed by atoms with Gasteiger partial charge >= 0.3 is 0 Å². The van der Waals surface area contributed by atoms with E-state index in [1.807, 2.05) is 12.1 Å². The fourth-order valence-electron chi connectivity index (χ4n) is 0.814. The van der Waals surface area contributed by atoms with Crippen LogP contribution in [-0.2, 0) is 0 Å². The summed E-state index contributed by atoms with van der Waals surface area (Å²) in [5.41, 5.74) is 0. The lowest BCUT2D eigenvalue weighted by atomic mass is 10.5. The zero-order valence-electron chi connectivity index (χ0n) is 7.56. The molecule has 0 aliphatic heterocycles. The molecule has 0 aromatic carbocycles. The van der Waals surface area contributed by atoms with E-state index in [0.717, 1.165) is 22.9 Å². The molecule has 0 fully saturated rings. The zero-order valence-corrected chi connectivity index (χ0v) is 8.38. The van der Waals surface area contributed by atoms with Gasteiger partial charge in [-0.2, -0.15) is 0 Å². The molecule has 0 bridgehead atoms. The van der Waals surface area contributed by atoms with Gasteiger partial charge in [0.1, 0.15) is 5.75 Å². The van der Waals surface area contributed by atoms with Crippen LogP contribution in [0.15, 0.2) is 23.4 Å². The fraction of sp³-hybridized carbons (Fsp3) is 0.444. The molecule has 1 rings (SSSR count). The molecule has 0 saturated carbocycles. The highest BCUT2D eigenvalue weighted by atomic mass is 32.2. The molecule has 0 radical (unpaired) electrons. The molecule has 1 heterocycles. The average Bonchev–Trinajstić information content (AvgIpc) is 2.19. The standard InChI is InChI=1S/C9H13NO2S/c1-12-8-3-4-9(10-7-8)13-6-2-5-11/h3-4,7,11H,2,5-6H2,1H3. The van der Waals surface area contributed by atoms with Crippen molar-refractivity contribution in [2.75, 3.05) is 19.5 Å². The lowest BCUT2D eigenvalue weighted by molar-refractivity contribution is 0.296. The first-order chi connectivity index (χ1) is 6.36. The predicted octanol–water partition coefficient (Wildman–Crippen LogP) is 1.56. The number of thioether (sulfide) groups is 1. The van der Waals surface area contributed by atoms with Crippen molar-refractivity contribution >= 4 is 11.8 Å². The third-order valence-electron chi connectivity index (χ3n) is 1.50. The highest BCUT2D eigenvalue weighted by Crippen LogP contribution is 2.18. The highest BCUT2D eigenvalue weighted by Gasteiger charge is 1.95. The largest absolute Gasteiger partial charge is 0.495 e. The summed E-state index contributed by atoms with van der Waals surface area (Å²) in [7, 11) is 1.62. The monoisotopic (exact) mass is 199 g/mol. The third-order valence-corrected chi connectivity index (χ3v) is 2.53. The molecule has 0 spiro atoms. The van der Waals surface area contributed by atoms with E-state index in [2.05, 4.69) is 4.98 Å². The van der Waals surface area contributed by atoms with Gasteiger partial charge in [-0.25, -0.2) is 4.98 Å². The summed E-state index contributed by atoms with van der Waals surface area (Å²) in [6.45, 7) is 0.239. The molecule has 72 valence electrons. The minimum Gasteiger partial charge on any atom is -0.495 e. The molecule has 0 atom stereocenters. The smallest absolute Gasteiger partial charge is 0.137 e. The summed E-state index contributed by atoms with van der Waals surface area (Å²) in [5.74, 6) is 1.67. The van der Waals surface area contributed by atoms with Crippen LogP contribution in [0.25, 0.3) is 0 Å². The molecule has 1 aromatic heterocycles. The van der Waals surface area contributed by atoms with Gasteiger partial charge < -0.3 is 9.84 Å². The first-order valence-corrected chi connectivity index (χ1v) is 5.09. The first-order valence-electron chi connectivity index (χ1n) is 4.10. The molecule has 3 nitrogen and oxygen atoms in total. The lowest BCUT2D eigenvalue weighted by Crippen LogP contribution is -1.88. The van der Waals surface area contributed by atoms with E-state index in [1.54, 1.807) is 25.1 Å². The molecule has 0 aliphatic rings. The Hall–Kier alpha value is -0.740. The maximum Gasteiger partial charge on any atom is 0.137 e. The number of hydrogen-bond acceptors (Lipinski definition) is 4. The summed E-state index contributed by atoms with van der Waals surface area (Å²) in [4.78, 5) is 4.18. The molecule has 0 saturated heterocycles. The van der Waals surface area contributed by atoms with Crippen LogP contribution in [0.2, 0.25) is 0 Å². The zero-order chi connectivity index (χ0) is 9.52. The van der Waals surface area contributed by atoms with Crippen LogP contribution in [0.1, 0.15) is 6.42 Å². The van der Waals surface area contributed by atoms with Crippen LogP contribution in [0, 0.1) is 0 Å². The number of aliphatic hydroxyl groups excluding tert-OH is 1. The van der Waals surface area contributed by atoms with Crippen molar-refractivity contribution in [1.82, 2.24) is 4.98 Å². The van der Waals surface area contributed by atoms with Crippen LogP contribution in [0.5, 0.6) is 5.75 Å². The second-order valence-corrected chi connectivity index (χ2v) is 3.58. The van der Waals surface area contributed by atoms with Gasteiger partial charge in [0, 0.05) is 12.4 Å². The van der Waals surface area contributed by atoms with Crippen molar-refractivity contribution in [2.45, 2.75) is 11.4 Å². The number of methoxy groups -OCH3 is 1. The Kier molecular flexibility index (Phi) is 4.64. The molecule has 1 N–H and O–H groups in total. The predicted molar refractivity (Wildman–Crippen MR) is 53.2 cm³/mol.